The molecule has 0 fully saturated rings. The summed E-state index contributed by atoms with van der Waals surface area (Å²) >= 11 is 3.67. The van der Waals surface area contributed by atoms with E-state index in [1.165, 1.54) is 0 Å². The van der Waals surface area contributed by atoms with E-state index in [1.54, 1.807) is 0 Å². The van der Waals surface area contributed by atoms with Gasteiger partial charge in [-0.15, -0.1) is 0 Å². The molecule has 0 bridgehead atoms. The van der Waals surface area contributed by atoms with Crippen LogP contribution in [0.15, 0.2) is 99.8 Å². The first-order valence-electron chi connectivity index (χ1n) is 15.9. The maximum atomic E-state index is 14.1. The Morgan fingerprint density at radius 3 is 2.00 bits per heavy atom. The molecule has 0 unspecified atom stereocenters. The number of nitrogens with zero attached hydrogens (tertiary/aromatic N) is 1. The maximum Gasteiger partial charge on any atom is 0.262 e. The molecule has 0 saturated carbocycles. The van der Waals surface area contributed by atoms with Crippen molar-refractivity contribution in [2.24, 2.45) is 10.8 Å². The predicted octanol–water partition coefficient (Wildman–Crippen LogP) is 8.66. The lowest BCUT2D eigenvalue weighted by atomic mass is 9.63. The minimum atomic E-state index is -0.459. The van der Waals surface area contributed by atoms with Gasteiger partial charge in [0.25, 0.3) is 5.91 Å². The molecule has 0 aromatic heterocycles. The number of anilines is 1. The SMILES string of the molecule is Cc1ccc(NC(=O)COc2ccc(C3C4=C(CC(C)(C)CC4=O)N(Cc4ccccc4)C4=C3C(=O)CC(C)(C)C4)cc2Br)cc1. The maximum absolute atomic E-state index is 14.1. The summed E-state index contributed by atoms with van der Waals surface area (Å²) in [4.78, 5) is 43.2. The van der Waals surface area contributed by atoms with Gasteiger partial charge in [-0.3, -0.25) is 14.4 Å². The molecule has 3 aromatic carbocycles. The van der Waals surface area contributed by atoms with Gasteiger partial charge in [0.15, 0.2) is 18.2 Å². The number of hydrogen-bond donors (Lipinski definition) is 1. The smallest absolute Gasteiger partial charge is 0.262 e. The number of hydrogen-bond acceptors (Lipinski definition) is 5. The van der Waals surface area contributed by atoms with Gasteiger partial charge in [-0.05, 0) is 81.9 Å². The standard InChI is InChI=1S/C39H41BrN2O4/c1-24-11-14-27(15-12-24)41-34(45)23-46-33-16-13-26(17-28(33)40)35-36-29(18-38(2,3)20-31(36)43)42(22-25-9-7-6-8-10-25)30-19-39(4,5)21-32(44)37(30)35/h6-17,35H,18-23H2,1-5H3,(H,41,45). The number of ether oxygens (including phenoxy) is 1. The van der Waals surface area contributed by atoms with E-state index in [0.29, 0.717) is 35.3 Å². The quantitative estimate of drug-likeness (QED) is 0.270. The van der Waals surface area contributed by atoms with Gasteiger partial charge in [0, 0.05) is 53.5 Å². The van der Waals surface area contributed by atoms with Crippen molar-refractivity contribution < 1.29 is 19.1 Å². The number of Topliss-reactive ketones (excluding diaryl/α,β-unsaturated/α-hetero) is 2. The van der Waals surface area contributed by atoms with Gasteiger partial charge in [0.05, 0.1) is 4.47 Å². The van der Waals surface area contributed by atoms with Crippen LogP contribution in [0.1, 0.15) is 76.0 Å². The third kappa shape index (κ3) is 6.61. The van der Waals surface area contributed by atoms with E-state index in [1.807, 2.05) is 67.6 Å². The molecule has 3 aliphatic rings. The molecule has 0 spiro atoms. The fourth-order valence-corrected chi connectivity index (χ4v) is 7.64. The van der Waals surface area contributed by atoms with Gasteiger partial charge in [0.1, 0.15) is 5.75 Å². The number of carbonyl (C=O) groups excluding carboxylic acids is 3. The molecule has 0 radical (unpaired) electrons. The average molecular weight is 682 g/mol. The van der Waals surface area contributed by atoms with Crippen LogP contribution in [0.2, 0.25) is 0 Å². The van der Waals surface area contributed by atoms with Gasteiger partial charge >= 0.3 is 0 Å². The summed E-state index contributed by atoms with van der Waals surface area (Å²) in [5, 5.41) is 2.86. The molecule has 0 atom stereocenters. The Hall–Kier alpha value is -3.97. The number of aryl methyl sites for hydroxylation is 1. The largest absolute Gasteiger partial charge is 0.483 e. The third-order valence-corrected chi connectivity index (χ3v) is 9.81. The van der Waals surface area contributed by atoms with E-state index >= 15 is 0 Å². The Bertz CT molecular complexity index is 1720. The summed E-state index contributed by atoms with van der Waals surface area (Å²) in [6.07, 6.45) is 2.37. The van der Waals surface area contributed by atoms with E-state index in [-0.39, 0.29) is 34.9 Å². The number of halogens is 1. The van der Waals surface area contributed by atoms with Crippen LogP contribution in [0, 0.1) is 17.8 Å². The minimum Gasteiger partial charge on any atom is -0.483 e. The zero-order valence-electron chi connectivity index (χ0n) is 27.2. The Balaban J connectivity index is 1.37. The van der Waals surface area contributed by atoms with Crippen LogP contribution in [-0.2, 0) is 20.9 Å². The molecule has 0 saturated heterocycles. The number of amides is 1. The highest BCUT2D eigenvalue weighted by molar-refractivity contribution is 9.10. The summed E-state index contributed by atoms with van der Waals surface area (Å²) < 4.78 is 6.57. The van der Waals surface area contributed by atoms with Crippen molar-refractivity contribution in [2.45, 2.75) is 72.8 Å². The molecule has 1 heterocycles. The second kappa shape index (κ2) is 12.3. The Kier molecular flexibility index (Phi) is 8.57. The average Bonchev–Trinajstić information content (AvgIpc) is 2.98. The van der Waals surface area contributed by atoms with Gasteiger partial charge in [-0.2, -0.15) is 0 Å². The second-order valence-corrected chi connectivity index (χ2v) is 15.4. The number of rotatable bonds is 7. The van der Waals surface area contributed by atoms with E-state index in [9.17, 15) is 14.4 Å². The molecule has 1 amide bonds. The fraction of sp³-hybridized carbons (Fsp3) is 0.359. The van der Waals surface area contributed by atoms with Crippen molar-refractivity contribution in [1.82, 2.24) is 4.90 Å². The Morgan fingerprint density at radius 2 is 1.43 bits per heavy atom. The highest BCUT2D eigenvalue weighted by atomic mass is 79.9. The van der Waals surface area contributed by atoms with Crippen molar-refractivity contribution in [3.05, 3.63) is 116 Å². The van der Waals surface area contributed by atoms with Crippen molar-refractivity contribution in [3.8, 4) is 5.75 Å². The Labute approximate surface area is 280 Å². The van der Waals surface area contributed by atoms with E-state index < -0.39 is 5.92 Å². The Morgan fingerprint density at radius 1 is 0.848 bits per heavy atom. The fourth-order valence-electron chi connectivity index (χ4n) is 7.13. The van der Waals surface area contributed by atoms with Crippen LogP contribution in [0.25, 0.3) is 0 Å². The van der Waals surface area contributed by atoms with Gasteiger partial charge in [-0.1, -0.05) is 81.8 Å². The molecule has 238 valence electrons. The van der Waals surface area contributed by atoms with Crippen LogP contribution in [0.5, 0.6) is 5.75 Å². The van der Waals surface area contributed by atoms with Crippen LogP contribution in [0.4, 0.5) is 5.69 Å². The van der Waals surface area contributed by atoms with Gasteiger partial charge < -0.3 is 15.0 Å². The first kappa shape index (κ1) is 32.0. The summed E-state index contributed by atoms with van der Waals surface area (Å²) in [5.41, 5.74) is 6.97. The van der Waals surface area contributed by atoms with Crippen molar-refractivity contribution >= 4 is 39.1 Å². The van der Waals surface area contributed by atoms with Gasteiger partial charge in [-0.25, -0.2) is 0 Å². The van der Waals surface area contributed by atoms with E-state index in [2.05, 4.69) is 66.0 Å². The monoisotopic (exact) mass is 680 g/mol. The van der Waals surface area contributed by atoms with Crippen LogP contribution in [-0.4, -0.2) is 29.0 Å². The van der Waals surface area contributed by atoms with Crippen molar-refractivity contribution in [2.75, 3.05) is 11.9 Å². The molecule has 46 heavy (non-hydrogen) atoms. The normalized spacial score (nSPS) is 19.1. The molecule has 1 aliphatic heterocycles. The molecule has 1 N–H and O–H groups in total. The zero-order chi connectivity index (χ0) is 32.8. The minimum absolute atomic E-state index is 0.0997. The molecule has 6 rings (SSSR count). The van der Waals surface area contributed by atoms with E-state index in [0.717, 1.165) is 52.1 Å². The molecule has 2 aliphatic carbocycles. The molecular weight excluding hydrogens is 640 g/mol. The third-order valence-electron chi connectivity index (χ3n) is 9.19. The lowest BCUT2D eigenvalue weighted by Gasteiger charge is -2.49. The summed E-state index contributed by atoms with van der Waals surface area (Å²) in [6.45, 7) is 11.1. The van der Waals surface area contributed by atoms with Crippen LogP contribution in [0.3, 0.4) is 0 Å². The molecular formula is C39H41BrN2O4. The topological polar surface area (TPSA) is 75.7 Å². The number of carbonyl (C=O) groups is 3. The first-order valence-corrected chi connectivity index (χ1v) is 16.7. The summed E-state index contributed by atoms with van der Waals surface area (Å²) in [7, 11) is 0. The molecule has 6 nitrogen and oxygen atoms in total. The highest BCUT2D eigenvalue weighted by Crippen LogP contribution is 2.55. The number of nitrogens with one attached hydrogen (secondary N) is 1. The lowest BCUT2D eigenvalue weighted by molar-refractivity contribution is -0.120. The zero-order valence-corrected chi connectivity index (χ0v) is 28.8. The van der Waals surface area contributed by atoms with Crippen LogP contribution < -0.4 is 10.1 Å². The number of allylic oxidation sites excluding steroid dienone is 4. The molecule has 3 aromatic rings. The molecule has 7 heteroatoms. The van der Waals surface area contributed by atoms with E-state index in [4.69, 9.17) is 4.74 Å². The number of ketones is 2. The predicted molar refractivity (Wildman–Crippen MR) is 184 cm³/mol. The second-order valence-electron chi connectivity index (χ2n) is 14.5. The lowest BCUT2D eigenvalue weighted by Crippen LogP contribution is -2.44. The number of benzene rings is 3. The highest BCUT2D eigenvalue weighted by Gasteiger charge is 2.49. The first-order chi connectivity index (χ1) is 21.8. The summed E-state index contributed by atoms with van der Waals surface area (Å²) in [6, 6.07) is 23.6. The summed E-state index contributed by atoms with van der Waals surface area (Å²) in [5.74, 6) is -0.00849. The van der Waals surface area contributed by atoms with Crippen molar-refractivity contribution in [3.63, 3.8) is 0 Å². The van der Waals surface area contributed by atoms with Crippen LogP contribution >= 0.6 is 15.9 Å². The van der Waals surface area contributed by atoms with Crippen molar-refractivity contribution in [1.29, 1.82) is 0 Å². The van der Waals surface area contributed by atoms with Gasteiger partial charge in [0.2, 0.25) is 0 Å².